The lowest BCUT2D eigenvalue weighted by Gasteiger charge is -2.09. The molecule has 0 amide bonds. The Labute approximate surface area is 86.6 Å². The molecule has 15 heavy (non-hydrogen) atoms. The minimum absolute atomic E-state index is 0.0306. The van der Waals surface area contributed by atoms with Crippen LogP contribution in [0.5, 0.6) is 5.75 Å². The molecule has 0 radical (unpaired) electrons. The fourth-order valence-electron chi connectivity index (χ4n) is 1.63. The van der Waals surface area contributed by atoms with E-state index in [1.165, 1.54) is 6.20 Å². The average Bonchev–Trinajstić information content (AvgIpc) is 2.27. The number of nitrogens with zero attached hydrogens (tertiary/aromatic N) is 2. The van der Waals surface area contributed by atoms with Crippen LogP contribution in [0.3, 0.4) is 0 Å². The molecule has 0 fully saturated rings. The van der Waals surface area contributed by atoms with Gasteiger partial charge in [-0.1, -0.05) is 0 Å². The number of carbonyl (C=O) groups is 1. The first-order chi connectivity index (χ1) is 7.16. The van der Waals surface area contributed by atoms with Crippen molar-refractivity contribution >= 4 is 17.2 Å². The standard InChI is InChI=1S/C11H10N2O2/c1-6-7(2)11(15)9(5-14)8-3-4-12-13-10(6)8/h3-5,15H,1-2H3. The molecular weight excluding hydrogens is 192 g/mol. The molecule has 2 rings (SSSR count). The third-order valence-corrected chi connectivity index (χ3v) is 2.66. The molecule has 1 N–H and O–H groups in total. The lowest BCUT2D eigenvalue weighted by molar-refractivity contribution is 0.112. The van der Waals surface area contributed by atoms with Gasteiger partial charge in [0.15, 0.2) is 6.29 Å². The molecule has 1 aromatic carbocycles. The van der Waals surface area contributed by atoms with Crippen LogP contribution < -0.4 is 0 Å². The van der Waals surface area contributed by atoms with Gasteiger partial charge >= 0.3 is 0 Å². The van der Waals surface area contributed by atoms with Crippen LogP contribution in [0.1, 0.15) is 21.5 Å². The summed E-state index contributed by atoms with van der Waals surface area (Å²) in [5, 5.41) is 18.2. The topological polar surface area (TPSA) is 63.1 Å². The third-order valence-electron chi connectivity index (χ3n) is 2.66. The molecule has 0 saturated carbocycles. The highest BCUT2D eigenvalue weighted by molar-refractivity contribution is 6.01. The first kappa shape index (κ1) is 9.58. The number of phenolic OH excluding ortho intramolecular Hbond substituents is 1. The lowest BCUT2D eigenvalue weighted by atomic mass is 9.99. The van der Waals surface area contributed by atoms with Crippen molar-refractivity contribution in [1.82, 2.24) is 10.2 Å². The van der Waals surface area contributed by atoms with E-state index < -0.39 is 0 Å². The zero-order chi connectivity index (χ0) is 11.0. The summed E-state index contributed by atoms with van der Waals surface area (Å²) in [6.07, 6.45) is 2.15. The van der Waals surface area contributed by atoms with Crippen molar-refractivity contribution in [2.75, 3.05) is 0 Å². The van der Waals surface area contributed by atoms with Gasteiger partial charge in [0, 0.05) is 5.39 Å². The number of aromatic hydroxyl groups is 1. The number of aryl methyl sites for hydroxylation is 1. The summed E-state index contributed by atoms with van der Waals surface area (Å²) in [5.41, 5.74) is 2.46. The van der Waals surface area contributed by atoms with Gasteiger partial charge in [0.25, 0.3) is 0 Å². The van der Waals surface area contributed by atoms with Crippen molar-refractivity contribution < 1.29 is 9.90 Å². The molecule has 0 aliphatic rings. The van der Waals surface area contributed by atoms with Crippen LogP contribution in [0.2, 0.25) is 0 Å². The smallest absolute Gasteiger partial charge is 0.154 e. The van der Waals surface area contributed by atoms with Crippen molar-refractivity contribution in [2.24, 2.45) is 0 Å². The molecule has 1 aromatic heterocycles. The summed E-state index contributed by atoms with van der Waals surface area (Å²) in [6, 6.07) is 1.68. The fraction of sp³-hybridized carbons (Fsp3) is 0.182. The second kappa shape index (κ2) is 3.31. The van der Waals surface area contributed by atoms with Gasteiger partial charge in [0.05, 0.1) is 17.3 Å². The van der Waals surface area contributed by atoms with E-state index in [0.29, 0.717) is 22.8 Å². The largest absolute Gasteiger partial charge is 0.507 e. The maximum atomic E-state index is 10.9. The summed E-state index contributed by atoms with van der Waals surface area (Å²) >= 11 is 0. The Hall–Kier alpha value is -1.97. The molecule has 76 valence electrons. The molecule has 4 heteroatoms. The highest BCUT2D eigenvalue weighted by atomic mass is 16.3. The molecule has 2 aromatic rings. The van der Waals surface area contributed by atoms with E-state index in [4.69, 9.17) is 0 Å². The molecule has 0 atom stereocenters. The highest BCUT2D eigenvalue weighted by Gasteiger charge is 2.13. The van der Waals surface area contributed by atoms with Crippen molar-refractivity contribution in [3.63, 3.8) is 0 Å². The van der Waals surface area contributed by atoms with E-state index in [0.717, 1.165) is 5.56 Å². The first-order valence-corrected chi connectivity index (χ1v) is 4.55. The van der Waals surface area contributed by atoms with E-state index in [1.807, 2.05) is 6.92 Å². The number of fused-ring (bicyclic) bond motifs is 1. The Bertz CT molecular complexity index is 550. The number of aromatic nitrogens is 2. The second-order valence-corrected chi connectivity index (χ2v) is 3.42. The van der Waals surface area contributed by atoms with E-state index in [-0.39, 0.29) is 11.3 Å². The Morgan fingerprint density at radius 2 is 2.07 bits per heavy atom. The van der Waals surface area contributed by atoms with Crippen molar-refractivity contribution in [3.05, 3.63) is 29.0 Å². The average molecular weight is 202 g/mol. The summed E-state index contributed by atoms with van der Waals surface area (Å²) in [7, 11) is 0. The van der Waals surface area contributed by atoms with Gasteiger partial charge in [-0.25, -0.2) is 0 Å². The van der Waals surface area contributed by atoms with Gasteiger partial charge < -0.3 is 5.11 Å². The van der Waals surface area contributed by atoms with E-state index >= 15 is 0 Å². The summed E-state index contributed by atoms with van der Waals surface area (Å²) < 4.78 is 0. The molecule has 0 unspecified atom stereocenters. The molecule has 0 aliphatic carbocycles. The number of aldehydes is 1. The number of hydrogen-bond acceptors (Lipinski definition) is 4. The molecule has 0 spiro atoms. The van der Waals surface area contributed by atoms with Gasteiger partial charge in [0.1, 0.15) is 5.75 Å². The van der Waals surface area contributed by atoms with E-state index in [9.17, 15) is 9.90 Å². The lowest BCUT2D eigenvalue weighted by Crippen LogP contribution is -1.95. The third kappa shape index (κ3) is 1.26. The van der Waals surface area contributed by atoms with E-state index in [1.54, 1.807) is 13.0 Å². The quantitative estimate of drug-likeness (QED) is 0.716. The van der Waals surface area contributed by atoms with Crippen LogP contribution >= 0.6 is 0 Å². The van der Waals surface area contributed by atoms with Gasteiger partial charge in [-0.2, -0.15) is 10.2 Å². The van der Waals surface area contributed by atoms with Gasteiger partial charge in [0.2, 0.25) is 0 Å². The van der Waals surface area contributed by atoms with Crippen LogP contribution in [0.15, 0.2) is 12.3 Å². The summed E-state index contributed by atoms with van der Waals surface area (Å²) in [5.74, 6) is 0.0306. The van der Waals surface area contributed by atoms with E-state index in [2.05, 4.69) is 10.2 Å². The molecule has 0 bridgehead atoms. The SMILES string of the molecule is Cc1c(O)c(C=O)c2ccnnc2c1C. The monoisotopic (exact) mass is 202 g/mol. The Morgan fingerprint density at radius 1 is 1.33 bits per heavy atom. The number of benzene rings is 1. The second-order valence-electron chi connectivity index (χ2n) is 3.42. The zero-order valence-corrected chi connectivity index (χ0v) is 8.48. The predicted octanol–water partition coefficient (Wildman–Crippen LogP) is 1.76. The molecule has 1 heterocycles. The number of rotatable bonds is 1. The first-order valence-electron chi connectivity index (χ1n) is 4.55. The Morgan fingerprint density at radius 3 is 2.73 bits per heavy atom. The number of carbonyl (C=O) groups excluding carboxylic acids is 1. The molecular formula is C11H10N2O2. The Kier molecular flexibility index (Phi) is 2.11. The maximum absolute atomic E-state index is 10.9. The van der Waals surface area contributed by atoms with Crippen LogP contribution in [0, 0.1) is 13.8 Å². The molecule has 0 saturated heterocycles. The van der Waals surface area contributed by atoms with Crippen LogP contribution in [0.4, 0.5) is 0 Å². The zero-order valence-electron chi connectivity index (χ0n) is 8.48. The fourth-order valence-corrected chi connectivity index (χ4v) is 1.63. The highest BCUT2D eigenvalue weighted by Crippen LogP contribution is 2.31. The molecule has 4 nitrogen and oxygen atoms in total. The van der Waals surface area contributed by atoms with Gasteiger partial charge in [-0.15, -0.1) is 0 Å². The summed E-state index contributed by atoms with van der Waals surface area (Å²) in [6.45, 7) is 3.60. The minimum atomic E-state index is 0.0306. The number of phenols is 1. The predicted molar refractivity (Wildman–Crippen MR) is 56.1 cm³/mol. The van der Waals surface area contributed by atoms with Crippen molar-refractivity contribution in [3.8, 4) is 5.75 Å². The van der Waals surface area contributed by atoms with Crippen LogP contribution in [-0.2, 0) is 0 Å². The maximum Gasteiger partial charge on any atom is 0.154 e. The van der Waals surface area contributed by atoms with Crippen LogP contribution in [-0.4, -0.2) is 21.6 Å². The van der Waals surface area contributed by atoms with Crippen molar-refractivity contribution in [1.29, 1.82) is 0 Å². The minimum Gasteiger partial charge on any atom is -0.507 e. The normalized spacial score (nSPS) is 10.5. The summed E-state index contributed by atoms with van der Waals surface area (Å²) in [4.78, 5) is 10.9. The van der Waals surface area contributed by atoms with Crippen molar-refractivity contribution in [2.45, 2.75) is 13.8 Å². The Balaban J connectivity index is 3.04. The van der Waals surface area contributed by atoms with Gasteiger partial charge in [-0.3, -0.25) is 4.79 Å². The van der Waals surface area contributed by atoms with Crippen LogP contribution in [0.25, 0.3) is 10.9 Å². The number of hydrogen-bond donors (Lipinski definition) is 1. The molecule has 0 aliphatic heterocycles. The van der Waals surface area contributed by atoms with Gasteiger partial charge in [-0.05, 0) is 31.0 Å².